The van der Waals surface area contributed by atoms with Gasteiger partial charge in [0.2, 0.25) is 0 Å². The zero-order chi connectivity index (χ0) is 14.0. The number of halogens is 1. The molecule has 19 heavy (non-hydrogen) atoms. The summed E-state index contributed by atoms with van der Waals surface area (Å²) in [6.45, 7) is 3.93. The molecule has 0 aromatic heterocycles. The highest BCUT2D eigenvalue weighted by atomic mass is 19.1. The second-order valence-corrected chi connectivity index (χ2v) is 4.70. The molecule has 0 atom stereocenters. The van der Waals surface area contributed by atoms with Gasteiger partial charge in [-0.25, -0.2) is 4.39 Å². The predicted octanol–water partition coefficient (Wildman–Crippen LogP) is 3.45. The highest BCUT2D eigenvalue weighted by Gasteiger charge is 2.14. The highest BCUT2D eigenvalue weighted by Crippen LogP contribution is 2.19. The van der Waals surface area contributed by atoms with Crippen molar-refractivity contribution in [3.8, 4) is 0 Å². The minimum Gasteiger partial charge on any atom is -0.398 e. The molecule has 2 aromatic carbocycles. The lowest BCUT2D eigenvalue weighted by Gasteiger charge is -2.10. The Morgan fingerprint density at radius 1 is 1.16 bits per heavy atom. The number of hydrogen-bond acceptors (Lipinski definition) is 2. The molecule has 0 fully saturated rings. The summed E-state index contributed by atoms with van der Waals surface area (Å²) in [6.07, 6.45) is 0.242. The van der Waals surface area contributed by atoms with E-state index in [-0.39, 0.29) is 17.8 Å². The van der Waals surface area contributed by atoms with Crippen LogP contribution < -0.4 is 5.73 Å². The lowest BCUT2D eigenvalue weighted by Crippen LogP contribution is -2.09. The number of ketones is 1. The standard InChI is InChI=1S/C16H16FNO/c1-10-4-3-5-11(2)13(10)9-16(19)14-8-12(17)6-7-15(14)18/h3-8H,9,18H2,1-2H3. The Kier molecular flexibility index (Phi) is 3.65. The third-order valence-electron chi connectivity index (χ3n) is 3.30. The van der Waals surface area contributed by atoms with Crippen molar-refractivity contribution < 1.29 is 9.18 Å². The quantitative estimate of drug-likeness (QED) is 0.676. The summed E-state index contributed by atoms with van der Waals surface area (Å²) in [6, 6.07) is 9.76. The number of aryl methyl sites for hydroxylation is 2. The third-order valence-corrected chi connectivity index (χ3v) is 3.30. The first-order valence-corrected chi connectivity index (χ1v) is 6.12. The molecule has 0 unspecified atom stereocenters. The van der Waals surface area contributed by atoms with E-state index in [0.717, 1.165) is 16.7 Å². The number of Topliss-reactive ketones (excluding diaryl/α,β-unsaturated/α-hetero) is 1. The molecule has 0 saturated carbocycles. The van der Waals surface area contributed by atoms with Gasteiger partial charge in [-0.1, -0.05) is 18.2 Å². The summed E-state index contributed by atoms with van der Waals surface area (Å²) in [5.41, 5.74) is 9.40. The van der Waals surface area contributed by atoms with E-state index in [1.807, 2.05) is 32.0 Å². The second kappa shape index (κ2) is 5.22. The van der Waals surface area contributed by atoms with E-state index >= 15 is 0 Å². The Morgan fingerprint density at radius 3 is 2.42 bits per heavy atom. The fourth-order valence-electron chi connectivity index (χ4n) is 2.15. The van der Waals surface area contributed by atoms with Gasteiger partial charge in [0.25, 0.3) is 0 Å². The molecule has 0 aliphatic rings. The van der Waals surface area contributed by atoms with E-state index in [2.05, 4.69) is 0 Å². The van der Waals surface area contributed by atoms with Crippen LogP contribution in [-0.4, -0.2) is 5.78 Å². The van der Waals surface area contributed by atoms with Crippen molar-refractivity contribution in [2.75, 3.05) is 5.73 Å². The van der Waals surface area contributed by atoms with E-state index in [0.29, 0.717) is 5.69 Å². The van der Waals surface area contributed by atoms with Gasteiger partial charge in [0.1, 0.15) is 5.82 Å². The molecule has 0 heterocycles. The number of hydrogen-bond donors (Lipinski definition) is 1. The van der Waals surface area contributed by atoms with Gasteiger partial charge < -0.3 is 5.73 Å². The smallest absolute Gasteiger partial charge is 0.169 e. The van der Waals surface area contributed by atoms with Gasteiger partial charge in [0, 0.05) is 17.7 Å². The number of nitrogen functional groups attached to an aromatic ring is 1. The van der Waals surface area contributed by atoms with Crippen LogP contribution in [0.5, 0.6) is 0 Å². The lowest BCUT2D eigenvalue weighted by molar-refractivity contribution is 0.0993. The average Bonchev–Trinajstić information content (AvgIpc) is 2.37. The number of anilines is 1. The van der Waals surface area contributed by atoms with Crippen LogP contribution in [0.3, 0.4) is 0 Å². The highest BCUT2D eigenvalue weighted by molar-refractivity contribution is 6.02. The molecule has 0 radical (unpaired) electrons. The second-order valence-electron chi connectivity index (χ2n) is 4.70. The molecule has 3 heteroatoms. The van der Waals surface area contributed by atoms with Gasteiger partial charge in [-0.2, -0.15) is 0 Å². The van der Waals surface area contributed by atoms with Crippen LogP contribution in [0.25, 0.3) is 0 Å². The first kappa shape index (κ1) is 13.3. The first-order chi connectivity index (χ1) is 8.99. The van der Waals surface area contributed by atoms with Crippen LogP contribution >= 0.6 is 0 Å². The zero-order valence-electron chi connectivity index (χ0n) is 11.0. The van der Waals surface area contributed by atoms with Crippen LogP contribution in [0.2, 0.25) is 0 Å². The average molecular weight is 257 g/mol. The fraction of sp³-hybridized carbons (Fsp3) is 0.188. The largest absolute Gasteiger partial charge is 0.398 e. The monoisotopic (exact) mass is 257 g/mol. The van der Waals surface area contributed by atoms with Gasteiger partial charge in [-0.05, 0) is 48.7 Å². The van der Waals surface area contributed by atoms with Crippen molar-refractivity contribution >= 4 is 11.5 Å². The summed E-state index contributed by atoms with van der Waals surface area (Å²) in [5.74, 6) is -0.603. The van der Waals surface area contributed by atoms with Crippen LogP contribution in [0.4, 0.5) is 10.1 Å². The molecule has 0 aliphatic carbocycles. The summed E-state index contributed by atoms with van der Waals surface area (Å²) in [4.78, 5) is 12.2. The normalized spacial score (nSPS) is 10.5. The van der Waals surface area contributed by atoms with Crippen molar-refractivity contribution in [3.05, 3.63) is 64.5 Å². The third kappa shape index (κ3) is 2.81. The molecular formula is C16H16FNO. The summed E-state index contributed by atoms with van der Waals surface area (Å²) in [7, 11) is 0. The number of rotatable bonds is 3. The Bertz CT molecular complexity index is 614. The Balaban J connectivity index is 2.34. The van der Waals surface area contributed by atoms with E-state index in [4.69, 9.17) is 5.73 Å². The molecule has 0 amide bonds. The van der Waals surface area contributed by atoms with Crippen LogP contribution in [0.1, 0.15) is 27.0 Å². The first-order valence-electron chi connectivity index (χ1n) is 6.12. The molecule has 0 saturated heterocycles. The number of carbonyl (C=O) groups excluding carboxylic acids is 1. The van der Waals surface area contributed by atoms with E-state index < -0.39 is 5.82 Å². The summed E-state index contributed by atoms with van der Waals surface area (Å²) in [5, 5.41) is 0. The maximum absolute atomic E-state index is 13.2. The summed E-state index contributed by atoms with van der Waals surface area (Å²) < 4.78 is 13.2. The van der Waals surface area contributed by atoms with Gasteiger partial charge in [-0.15, -0.1) is 0 Å². The lowest BCUT2D eigenvalue weighted by atomic mass is 9.95. The molecule has 98 valence electrons. The minimum absolute atomic E-state index is 0.158. The van der Waals surface area contributed by atoms with Crippen LogP contribution in [0.15, 0.2) is 36.4 Å². The van der Waals surface area contributed by atoms with Gasteiger partial charge >= 0.3 is 0 Å². The van der Waals surface area contributed by atoms with Gasteiger partial charge in [0.05, 0.1) is 0 Å². The maximum atomic E-state index is 13.2. The van der Waals surface area contributed by atoms with Crippen LogP contribution in [-0.2, 0) is 6.42 Å². The maximum Gasteiger partial charge on any atom is 0.169 e. The van der Waals surface area contributed by atoms with E-state index in [9.17, 15) is 9.18 Å². The van der Waals surface area contributed by atoms with Crippen molar-refractivity contribution in [2.45, 2.75) is 20.3 Å². The van der Waals surface area contributed by atoms with Gasteiger partial charge in [0.15, 0.2) is 5.78 Å². The van der Waals surface area contributed by atoms with E-state index in [1.54, 1.807) is 0 Å². The Hall–Kier alpha value is -2.16. The van der Waals surface area contributed by atoms with Crippen molar-refractivity contribution in [1.82, 2.24) is 0 Å². The van der Waals surface area contributed by atoms with Crippen molar-refractivity contribution in [2.24, 2.45) is 0 Å². The van der Waals surface area contributed by atoms with Crippen molar-refractivity contribution in [3.63, 3.8) is 0 Å². The molecule has 2 aromatic rings. The molecule has 0 spiro atoms. The topological polar surface area (TPSA) is 43.1 Å². The molecule has 0 aliphatic heterocycles. The molecule has 0 bridgehead atoms. The minimum atomic E-state index is -0.445. The van der Waals surface area contributed by atoms with Crippen LogP contribution in [0, 0.1) is 19.7 Å². The Morgan fingerprint density at radius 2 is 1.79 bits per heavy atom. The molecule has 2 rings (SSSR count). The molecule has 2 nitrogen and oxygen atoms in total. The van der Waals surface area contributed by atoms with Gasteiger partial charge in [-0.3, -0.25) is 4.79 Å². The number of benzene rings is 2. The van der Waals surface area contributed by atoms with E-state index in [1.165, 1.54) is 18.2 Å². The zero-order valence-corrected chi connectivity index (χ0v) is 11.0. The SMILES string of the molecule is Cc1cccc(C)c1CC(=O)c1cc(F)ccc1N. The van der Waals surface area contributed by atoms with Crippen molar-refractivity contribution in [1.29, 1.82) is 0 Å². The summed E-state index contributed by atoms with van der Waals surface area (Å²) >= 11 is 0. The number of nitrogens with two attached hydrogens (primary N) is 1. The molecular weight excluding hydrogens is 241 g/mol. The number of carbonyl (C=O) groups is 1. The fourth-order valence-corrected chi connectivity index (χ4v) is 2.15. The predicted molar refractivity (Wildman–Crippen MR) is 74.8 cm³/mol. The Labute approximate surface area is 112 Å². The molecule has 2 N–H and O–H groups in total.